The van der Waals surface area contributed by atoms with Crippen molar-refractivity contribution in [2.75, 3.05) is 13.2 Å². The summed E-state index contributed by atoms with van der Waals surface area (Å²) in [6, 6.07) is 14.6. The molecule has 0 aliphatic heterocycles. The summed E-state index contributed by atoms with van der Waals surface area (Å²) in [5, 5.41) is 9.54. The average Bonchev–Trinajstić information content (AvgIpc) is 2.43. The zero-order valence-corrected chi connectivity index (χ0v) is 11.9. The Morgan fingerprint density at radius 2 is 1.80 bits per heavy atom. The summed E-state index contributed by atoms with van der Waals surface area (Å²) in [5.74, 6) is -0.312. The highest BCUT2D eigenvalue weighted by Gasteiger charge is 2.10. The van der Waals surface area contributed by atoms with Crippen LogP contribution in [0.25, 0.3) is 0 Å². The zero-order valence-electron chi connectivity index (χ0n) is 11.1. The Kier molecular flexibility index (Phi) is 5.53. The topological polar surface area (TPSA) is 23.5 Å². The normalized spacial score (nSPS) is 11.0. The van der Waals surface area contributed by atoms with E-state index in [4.69, 9.17) is 16.7 Å². The predicted molar refractivity (Wildman–Crippen MR) is 79.1 cm³/mol. The molecule has 0 radical (unpaired) electrons. The van der Waals surface area contributed by atoms with Crippen molar-refractivity contribution in [3.63, 3.8) is 0 Å². The van der Waals surface area contributed by atoms with Gasteiger partial charge in [-0.2, -0.15) is 0 Å². The summed E-state index contributed by atoms with van der Waals surface area (Å²) in [6.45, 7) is 1.65. The molecular formula is C16H17ClFNO. The fourth-order valence-electron chi connectivity index (χ4n) is 2.09. The number of hydrogen-bond donors (Lipinski definition) is 1. The van der Waals surface area contributed by atoms with E-state index in [1.165, 1.54) is 6.07 Å². The van der Waals surface area contributed by atoms with Crippen LogP contribution >= 0.6 is 11.6 Å². The first-order chi connectivity index (χ1) is 9.69. The van der Waals surface area contributed by atoms with Gasteiger partial charge in [0.05, 0.1) is 6.61 Å². The van der Waals surface area contributed by atoms with Gasteiger partial charge in [0, 0.05) is 30.2 Å². The third-order valence-corrected chi connectivity index (χ3v) is 3.31. The maximum Gasteiger partial charge on any atom is 0.129 e. The van der Waals surface area contributed by atoms with Crippen molar-refractivity contribution in [3.8, 4) is 0 Å². The molecule has 106 valence electrons. The maximum atomic E-state index is 13.8. The minimum atomic E-state index is -0.312. The van der Waals surface area contributed by atoms with Crippen molar-refractivity contribution in [2.45, 2.75) is 13.1 Å². The van der Waals surface area contributed by atoms with E-state index in [0.717, 1.165) is 5.56 Å². The molecule has 0 bridgehead atoms. The van der Waals surface area contributed by atoms with Gasteiger partial charge in [-0.25, -0.2) is 4.39 Å². The van der Waals surface area contributed by atoms with Crippen LogP contribution in [0.15, 0.2) is 48.5 Å². The van der Waals surface area contributed by atoms with E-state index in [-0.39, 0.29) is 12.4 Å². The number of nitrogens with zero attached hydrogens (tertiary/aromatic N) is 1. The van der Waals surface area contributed by atoms with Crippen molar-refractivity contribution >= 4 is 11.6 Å². The number of rotatable bonds is 6. The number of aliphatic hydroxyl groups is 1. The van der Waals surface area contributed by atoms with Gasteiger partial charge in [-0.15, -0.1) is 0 Å². The molecule has 0 atom stereocenters. The van der Waals surface area contributed by atoms with Gasteiger partial charge in [0.15, 0.2) is 0 Å². The van der Waals surface area contributed by atoms with E-state index in [9.17, 15) is 4.39 Å². The van der Waals surface area contributed by atoms with Crippen LogP contribution in [0, 0.1) is 5.82 Å². The van der Waals surface area contributed by atoms with Crippen molar-refractivity contribution in [3.05, 3.63) is 70.5 Å². The summed E-state index contributed by atoms with van der Waals surface area (Å²) < 4.78 is 13.8. The molecule has 0 aliphatic carbocycles. The fraction of sp³-hybridized carbons (Fsp3) is 0.250. The van der Waals surface area contributed by atoms with Crippen LogP contribution in [0.1, 0.15) is 11.1 Å². The molecule has 0 unspecified atom stereocenters. The second kappa shape index (κ2) is 7.39. The molecule has 0 aromatic heterocycles. The monoisotopic (exact) mass is 293 g/mol. The lowest BCUT2D eigenvalue weighted by Crippen LogP contribution is -2.26. The van der Waals surface area contributed by atoms with Crippen molar-refractivity contribution in [2.24, 2.45) is 0 Å². The van der Waals surface area contributed by atoms with Crippen LogP contribution in [-0.4, -0.2) is 23.2 Å². The Bertz CT molecular complexity index is 547. The number of aliphatic hydroxyl groups excluding tert-OH is 1. The van der Waals surface area contributed by atoms with Crippen LogP contribution in [0.2, 0.25) is 5.02 Å². The molecule has 2 rings (SSSR count). The Morgan fingerprint density at radius 3 is 2.45 bits per heavy atom. The van der Waals surface area contributed by atoms with E-state index >= 15 is 0 Å². The van der Waals surface area contributed by atoms with Crippen LogP contribution in [0.4, 0.5) is 4.39 Å². The molecule has 2 aromatic carbocycles. The number of halogens is 2. The summed E-state index contributed by atoms with van der Waals surface area (Å²) >= 11 is 5.75. The van der Waals surface area contributed by atoms with E-state index in [0.29, 0.717) is 30.2 Å². The first-order valence-corrected chi connectivity index (χ1v) is 6.88. The third kappa shape index (κ3) is 4.30. The standard InChI is InChI=1S/C16H17ClFNO/c17-15-7-6-14(16(18)10-15)12-19(8-9-20)11-13-4-2-1-3-5-13/h1-7,10,20H,8-9,11-12H2. The molecular weight excluding hydrogens is 277 g/mol. The van der Waals surface area contributed by atoms with Gasteiger partial charge >= 0.3 is 0 Å². The van der Waals surface area contributed by atoms with E-state index in [1.54, 1.807) is 12.1 Å². The van der Waals surface area contributed by atoms with Gasteiger partial charge in [-0.05, 0) is 17.7 Å². The molecule has 2 aromatic rings. The Labute approximate surface area is 123 Å². The summed E-state index contributed by atoms with van der Waals surface area (Å²) in [4.78, 5) is 2.00. The maximum absolute atomic E-state index is 13.8. The van der Waals surface area contributed by atoms with Gasteiger partial charge in [0.25, 0.3) is 0 Å². The van der Waals surface area contributed by atoms with Gasteiger partial charge in [0.1, 0.15) is 5.82 Å². The SMILES string of the molecule is OCCN(Cc1ccccc1)Cc1ccc(Cl)cc1F. The fourth-order valence-corrected chi connectivity index (χ4v) is 2.25. The van der Waals surface area contributed by atoms with E-state index < -0.39 is 0 Å². The highest BCUT2D eigenvalue weighted by molar-refractivity contribution is 6.30. The van der Waals surface area contributed by atoms with Crippen LogP contribution < -0.4 is 0 Å². The predicted octanol–water partition coefficient (Wildman–Crippen LogP) is 3.47. The van der Waals surface area contributed by atoms with Crippen LogP contribution in [0.5, 0.6) is 0 Å². The number of benzene rings is 2. The highest BCUT2D eigenvalue weighted by atomic mass is 35.5. The largest absolute Gasteiger partial charge is 0.395 e. The first kappa shape index (κ1) is 15.0. The Hall–Kier alpha value is -1.42. The third-order valence-electron chi connectivity index (χ3n) is 3.07. The van der Waals surface area contributed by atoms with Crippen LogP contribution in [0.3, 0.4) is 0 Å². The Balaban J connectivity index is 2.09. The van der Waals surface area contributed by atoms with Crippen molar-refractivity contribution < 1.29 is 9.50 Å². The minimum Gasteiger partial charge on any atom is -0.395 e. The second-order valence-corrected chi connectivity index (χ2v) is 5.09. The van der Waals surface area contributed by atoms with Gasteiger partial charge in [-0.1, -0.05) is 48.0 Å². The molecule has 0 fully saturated rings. The lowest BCUT2D eigenvalue weighted by atomic mass is 10.1. The molecule has 0 saturated heterocycles. The molecule has 0 amide bonds. The molecule has 4 heteroatoms. The molecule has 1 N–H and O–H groups in total. The molecule has 0 aliphatic rings. The van der Waals surface area contributed by atoms with Crippen LogP contribution in [-0.2, 0) is 13.1 Å². The summed E-state index contributed by atoms with van der Waals surface area (Å²) in [6.07, 6.45) is 0. The summed E-state index contributed by atoms with van der Waals surface area (Å²) in [5.41, 5.74) is 1.72. The number of hydrogen-bond acceptors (Lipinski definition) is 2. The summed E-state index contributed by atoms with van der Waals surface area (Å²) in [7, 11) is 0. The smallest absolute Gasteiger partial charge is 0.129 e. The molecule has 0 saturated carbocycles. The first-order valence-electron chi connectivity index (χ1n) is 6.50. The molecule has 0 heterocycles. The average molecular weight is 294 g/mol. The van der Waals surface area contributed by atoms with Gasteiger partial charge < -0.3 is 5.11 Å². The van der Waals surface area contributed by atoms with E-state index in [2.05, 4.69) is 0 Å². The quantitative estimate of drug-likeness (QED) is 0.881. The molecule has 20 heavy (non-hydrogen) atoms. The lowest BCUT2D eigenvalue weighted by Gasteiger charge is -2.21. The van der Waals surface area contributed by atoms with Gasteiger partial charge in [0.2, 0.25) is 0 Å². The Morgan fingerprint density at radius 1 is 1.05 bits per heavy atom. The van der Waals surface area contributed by atoms with E-state index in [1.807, 2.05) is 35.2 Å². The second-order valence-electron chi connectivity index (χ2n) is 4.66. The van der Waals surface area contributed by atoms with Gasteiger partial charge in [-0.3, -0.25) is 4.90 Å². The highest BCUT2D eigenvalue weighted by Crippen LogP contribution is 2.17. The minimum absolute atomic E-state index is 0.0437. The van der Waals surface area contributed by atoms with Crippen molar-refractivity contribution in [1.29, 1.82) is 0 Å². The lowest BCUT2D eigenvalue weighted by molar-refractivity contribution is 0.183. The molecule has 0 spiro atoms. The zero-order chi connectivity index (χ0) is 14.4. The molecule has 2 nitrogen and oxygen atoms in total. The van der Waals surface area contributed by atoms with Crippen molar-refractivity contribution in [1.82, 2.24) is 4.90 Å².